The summed E-state index contributed by atoms with van der Waals surface area (Å²) in [4.78, 5) is 0.290. The zero-order chi connectivity index (χ0) is 17.2. The third-order valence-corrected chi connectivity index (χ3v) is 8.36. The van der Waals surface area contributed by atoms with Crippen LogP contribution in [0.5, 0.6) is 0 Å². The van der Waals surface area contributed by atoms with Crippen molar-refractivity contribution in [2.75, 3.05) is 0 Å². The second kappa shape index (κ2) is 6.35. The Morgan fingerprint density at radius 3 is 2.44 bits per heavy atom. The molecule has 0 aromatic heterocycles. The van der Waals surface area contributed by atoms with Gasteiger partial charge in [-0.05, 0) is 42.2 Å². The second-order valence-electron chi connectivity index (χ2n) is 8.13. The second-order valence-corrected chi connectivity index (χ2v) is 9.67. The van der Waals surface area contributed by atoms with Crippen LogP contribution in [0.4, 0.5) is 0 Å². The van der Waals surface area contributed by atoms with Crippen molar-refractivity contribution in [1.82, 2.24) is 0 Å². The molecule has 25 heavy (non-hydrogen) atoms. The summed E-state index contributed by atoms with van der Waals surface area (Å²) in [7, 11) is -3.77. The molecule has 2 saturated carbocycles. The third-order valence-electron chi connectivity index (χ3n) is 6.98. The summed E-state index contributed by atoms with van der Waals surface area (Å²) in [6, 6.07) is 13.0. The molecule has 0 saturated heterocycles. The molecule has 3 nitrogen and oxygen atoms in total. The van der Waals surface area contributed by atoms with E-state index in [0.29, 0.717) is 5.92 Å². The smallest absolute Gasteiger partial charge is 1.00 e. The summed E-state index contributed by atoms with van der Waals surface area (Å²) in [6.07, 6.45) is 2.84. The van der Waals surface area contributed by atoms with Gasteiger partial charge in [-0.25, -0.2) is 0 Å². The topological polar surface area (TPSA) is 43.4 Å². The van der Waals surface area contributed by atoms with E-state index < -0.39 is 10.1 Å². The summed E-state index contributed by atoms with van der Waals surface area (Å²) in [5.41, 5.74) is 1.71. The van der Waals surface area contributed by atoms with Gasteiger partial charge >= 0.3 is 29.6 Å². The quantitative estimate of drug-likeness (QED) is 0.613. The van der Waals surface area contributed by atoms with E-state index in [1.165, 1.54) is 6.42 Å². The molecule has 3 atom stereocenters. The van der Waals surface area contributed by atoms with Crippen molar-refractivity contribution < 1.29 is 43.6 Å². The summed E-state index contributed by atoms with van der Waals surface area (Å²) in [5.74, 6) is 0.553. The Hall–Kier alpha value is -0.390. The van der Waals surface area contributed by atoms with Crippen molar-refractivity contribution in [2.45, 2.75) is 51.0 Å². The van der Waals surface area contributed by atoms with Crippen molar-refractivity contribution >= 4 is 10.1 Å². The minimum Gasteiger partial charge on any atom is -1.00 e. The molecule has 0 heterocycles. The third kappa shape index (κ3) is 2.81. The van der Waals surface area contributed by atoms with Crippen LogP contribution in [0.1, 0.15) is 41.5 Å². The van der Waals surface area contributed by atoms with Gasteiger partial charge < -0.3 is 1.43 Å². The Labute approximate surface area is 174 Å². The van der Waals surface area contributed by atoms with E-state index in [1.54, 1.807) is 6.07 Å². The van der Waals surface area contributed by atoms with E-state index in [9.17, 15) is 8.42 Å². The van der Waals surface area contributed by atoms with Gasteiger partial charge in [0.15, 0.2) is 0 Å². The van der Waals surface area contributed by atoms with E-state index in [2.05, 4.69) is 20.8 Å². The first-order valence-electron chi connectivity index (χ1n) is 8.67. The van der Waals surface area contributed by atoms with E-state index in [-0.39, 0.29) is 52.8 Å². The van der Waals surface area contributed by atoms with Crippen LogP contribution in [0.2, 0.25) is 0 Å². The number of fused-ring (bicyclic) bond motifs is 3. The van der Waals surface area contributed by atoms with Gasteiger partial charge in [-0.1, -0.05) is 57.2 Å². The fourth-order valence-electron chi connectivity index (χ4n) is 4.88. The summed E-state index contributed by atoms with van der Waals surface area (Å²) in [5, 5.41) is 0. The molecule has 2 fully saturated rings. The average Bonchev–Trinajstić information content (AvgIpc) is 2.98. The van der Waals surface area contributed by atoms with E-state index in [1.807, 2.05) is 36.4 Å². The Kier molecular flexibility index (Phi) is 4.92. The van der Waals surface area contributed by atoms with Crippen molar-refractivity contribution in [3.8, 4) is 11.1 Å². The maximum Gasteiger partial charge on any atom is 1.00 e. The number of rotatable bonds is 3. The molecular formula is C20H25NaO3S. The first-order chi connectivity index (χ1) is 11.3. The molecule has 0 spiro atoms. The Balaban J connectivity index is 0.00000121. The van der Waals surface area contributed by atoms with Crippen molar-refractivity contribution in [2.24, 2.45) is 16.7 Å². The molecule has 2 bridgehead atoms. The predicted molar refractivity (Wildman–Crippen MR) is 95.5 cm³/mol. The van der Waals surface area contributed by atoms with Gasteiger partial charge in [0.25, 0.3) is 10.1 Å². The van der Waals surface area contributed by atoms with E-state index in [0.717, 1.165) is 24.0 Å². The standard InChI is InChI=1S/C20H24O3S.Na.H/c1-19(2)15-11-12-20(19,3)18(13-15)23-24(21,22)17-10-9-14-7-5-4-6-8-16(14)17;;/h4-10,15,18H,11-13H2,1-3H3;;/q;+1;-1/t15-,18+,20-;;/m1../s1. The predicted octanol–water partition coefficient (Wildman–Crippen LogP) is 1.83. The molecule has 0 amide bonds. The first-order valence-corrected chi connectivity index (χ1v) is 10.1. The summed E-state index contributed by atoms with van der Waals surface area (Å²) in [6.45, 7) is 6.72. The summed E-state index contributed by atoms with van der Waals surface area (Å²) < 4.78 is 31.8. The molecule has 0 aromatic rings. The van der Waals surface area contributed by atoms with Crippen molar-refractivity contribution in [1.29, 1.82) is 0 Å². The van der Waals surface area contributed by atoms with E-state index >= 15 is 0 Å². The number of hydrogen-bond acceptors (Lipinski definition) is 3. The van der Waals surface area contributed by atoms with Gasteiger partial charge in [0, 0.05) is 11.0 Å². The molecular weight excluding hydrogens is 343 g/mol. The molecule has 4 aliphatic carbocycles. The average molecular weight is 368 g/mol. The van der Waals surface area contributed by atoms with Crippen LogP contribution in [0.25, 0.3) is 11.1 Å². The van der Waals surface area contributed by atoms with E-state index in [4.69, 9.17) is 4.18 Å². The fourth-order valence-corrected chi connectivity index (χ4v) is 6.28. The largest absolute Gasteiger partial charge is 1.00 e. The van der Waals surface area contributed by atoms with Gasteiger partial charge in [0.1, 0.15) is 4.90 Å². The van der Waals surface area contributed by atoms with Crippen LogP contribution in [-0.2, 0) is 14.3 Å². The van der Waals surface area contributed by atoms with Gasteiger partial charge in [-0.3, -0.25) is 4.18 Å². The van der Waals surface area contributed by atoms with Gasteiger partial charge in [0.2, 0.25) is 0 Å². The van der Waals surface area contributed by atoms with Crippen LogP contribution in [0, 0.1) is 16.7 Å². The molecule has 5 heteroatoms. The fraction of sp³-hybridized carbons (Fsp3) is 0.500. The van der Waals surface area contributed by atoms with Crippen LogP contribution in [0.15, 0.2) is 47.4 Å². The number of hydrogen-bond donors (Lipinski definition) is 0. The Morgan fingerprint density at radius 1 is 1.08 bits per heavy atom. The van der Waals surface area contributed by atoms with Crippen LogP contribution >= 0.6 is 0 Å². The Bertz CT molecular complexity index is 867. The minimum absolute atomic E-state index is 0. The molecule has 0 N–H and O–H groups in total. The molecule has 0 aromatic carbocycles. The molecule has 0 unspecified atom stereocenters. The van der Waals surface area contributed by atoms with Gasteiger partial charge in [-0.2, -0.15) is 8.42 Å². The molecule has 130 valence electrons. The van der Waals surface area contributed by atoms with Crippen molar-refractivity contribution in [3.05, 3.63) is 42.5 Å². The Morgan fingerprint density at radius 2 is 1.80 bits per heavy atom. The zero-order valence-electron chi connectivity index (χ0n) is 16.5. The van der Waals surface area contributed by atoms with Crippen LogP contribution in [0.3, 0.4) is 0 Å². The SMILES string of the molecule is CC1(C)[C@@H]2CC[C@]1(C)[C@@H](OS(=O)(=O)c1ccc3cccccc1-3)C2.[H-].[Na+]. The normalized spacial score (nSPS) is 30.4. The minimum atomic E-state index is -3.77. The maximum absolute atomic E-state index is 13.0. The van der Waals surface area contributed by atoms with Gasteiger partial charge in [-0.15, -0.1) is 0 Å². The first kappa shape index (κ1) is 19.4. The van der Waals surface area contributed by atoms with Crippen LogP contribution in [-0.4, -0.2) is 14.5 Å². The molecule has 4 aliphatic rings. The van der Waals surface area contributed by atoms with Crippen LogP contribution < -0.4 is 29.6 Å². The zero-order valence-corrected chi connectivity index (χ0v) is 18.3. The molecule has 4 rings (SSSR count). The molecule has 0 aliphatic heterocycles. The summed E-state index contributed by atoms with van der Waals surface area (Å²) >= 11 is 0. The van der Waals surface area contributed by atoms with Gasteiger partial charge in [0.05, 0.1) is 6.10 Å². The maximum atomic E-state index is 13.0. The van der Waals surface area contributed by atoms with Crippen molar-refractivity contribution in [3.63, 3.8) is 0 Å². The monoisotopic (exact) mass is 368 g/mol. The molecule has 0 radical (unpaired) electrons.